The lowest BCUT2D eigenvalue weighted by molar-refractivity contribution is 0.102. The lowest BCUT2D eigenvalue weighted by Crippen LogP contribution is -2.35. The maximum atomic E-state index is 13.3. The zero-order valence-electron chi connectivity index (χ0n) is 17.2. The zero-order valence-corrected chi connectivity index (χ0v) is 18.7. The van der Waals surface area contributed by atoms with Crippen LogP contribution in [0.15, 0.2) is 47.4 Å². The minimum atomic E-state index is -3.74. The summed E-state index contributed by atoms with van der Waals surface area (Å²) >= 11 is 6.38. The highest BCUT2D eigenvalue weighted by Crippen LogP contribution is 2.32. The lowest BCUT2D eigenvalue weighted by Gasteiger charge is -2.27. The van der Waals surface area contributed by atoms with Gasteiger partial charge in [-0.3, -0.25) is 4.79 Å². The molecule has 9 heteroatoms. The van der Waals surface area contributed by atoms with E-state index in [1.807, 2.05) is 24.3 Å². The van der Waals surface area contributed by atoms with Crippen molar-refractivity contribution in [1.82, 2.24) is 9.29 Å². The molecule has 2 heterocycles. The molecule has 0 spiro atoms. The third-order valence-electron chi connectivity index (χ3n) is 5.30. The first kappa shape index (κ1) is 21.7. The predicted molar refractivity (Wildman–Crippen MR) is 121 cm³/mol. The van der Waals surface area contributed by atoms with E-state index in [0.29, 0.717) is 30.4 Å². The molecular formula is C22H24ClN3O4S. The van der Waals surface area contributed by atoms with Gasteiger partial charge in [-0.2, -0.15) is 4.31 Å². The molecule has 164 valence electrons. The van der Waals surface area contributed by atoms with Gasteiger partial charge in [0.1, 0.15) is 16.3 Å². The van der Waals surface area contributed by atoms with Crippen LogP contribution in [-0.4, -0.2) is 43.3 Å². The molecule has 1 saturated heterocycles. The van der Waals surface area contributed by atoms with Crippen LogP contribution < -0.4 is 10.1 Å². The molecule has 7 nitrogen and oxygen atoms in total. The summed E-state index contributed by atoms with van der Waals surface area (Å²) in [5.74, 6) is -0.179. The highest BCUT2D eigenvalue weighted by atomic mass is 35.5. The van der Waals surface area contributed by atoms with Crippen LogP contribution in [0.5, 0.6) is 5.75 Å². The summed E-state index contributed by atoms with van der Waals surface area (Å²) in [5.41, 5.74) is 1.31. The molecule has 0 radical (unpaired) electrons. The van der Waals surface area contributed by atoms with E-state index < -0.39 is 15.9 Å². The largest absolute Gasteiger partial charge is 0.492 e. The van der Waals surface area contributed by atoms with Gasteiger partial charge in [0.15, 0.2) is 0 Å². The van der Waals surface area contributed by atoms with E-state index in [1.165, 1.54) is 10.4 Å². The van der Waals surface area contributed by atoms with Gasteiger partial charge in [-0.15, -0.1) is 0 Å². The normalized spacial score (nSPS) is 15.2. The van der Waals surface area contributed by atoms with Gasteiger partial charge in [-0.25, -0.2) is 8.42 Å². The number of piperidine rings is 1. The number of benzene rings is 2. The zero-order chi connectivity index (χ0) is 22.0. The highest BCUT2D eigenvalue weighted by Gasteiger charge is 2.29. The Labute approximate surface area is 186 Å². The SMILES string of the molecule is CCOc1ccc(NC(=O)c2[nH]c3ccccc3c2Cl)cc1S(=O)(=O)N1CCCCC1. The van der Waals surface area contributed by atoms with Gasteiger partial charge in [0.25, 0.3) is 5.91 Å². The topological polar surface area (TPSA) is 91.5 Å². The number of carbonyl (C=O) groups is 1. The first-order valence-electron chi connectivity index (χ1n) is 10.3. The molecule has 0 bridgehead atoms. The van der Waals surface area contributed by atoms with Crippen molar-refractivity contribution in [2.24, 2.45) is 0 Å². The van der Waals surface area contributed by atoms with E-state index in [9.17, 15) is 13.2 Å². The number of ether oxygens (including phenoxy) is 1. The fourth-order valence-electron chi connectivity index (χ4n) is 3.76. The molecule has 2 N–H and O–H groups in total. The van der Waals surface area contributed by atoms with Crippen LogP contribution in [0.25, 0.3) is 10.9 Å². The number of aromatic nitrogens is 1. The smallest absolute Gasteiger partial charge is 0.273 e. The first-order valence-corrected chi connectivity index (χ1v) is 12.1. The number of sulfonamides is 1. The molecule has 1 amide bonds. The van der Waals surface area contributed by atoms with Crippen molar-refractivity contribution in [2.75, 3.05) is 25.0 Å². The number of nitrogens with zero attached hydrogens (tertiary/aromatic N) is 1. The van der Waals surface area contributed by atoms with Crippen LogP contribution in [-0.2, 0) is 10.0 Å². The third kappa shape index (κ3) is 4.28. The molecule has 0 aliphatic carbocycles. The van der Waals surface area contributed by atoms with E-state index in [0.717, 1.165) is 30.2 Å². The van der Waals surface area contributed by atoms with Gasteiger partial charge in [0, 0.05) is 29.7 Å². The maximum Gasteiger partial charge on any atom is 0.273 e. The Morgan fingerprint density at radius 3 is 2.61 bits per heavy atom. The average molecular weight is 462 g/mol. The summed E-state index contributed by atoms with van der Waals surface area (Å²) in [4.78, 5) is 15.9. The number of nitrogens with one attached hydrogen (secondary N) is 2. The molecule has 3 aromatic rings. The van der Waals surface area contributed by atoms with Gasteiger partial charge in [0.05, 0.1) is 11.6 Å². The summed E-state index contributed by atoms with van der Waals surface area (Å²) in [5, 5.41) is 3.82. The predicted octanol–water partition coefficient (Wildman–Crippen LogP) is 4.65. The van der Waals surface area contributed by atoms with Gasteiger partial charge < -0.3 is 15.0 Å². The van der Waals surface area contributed by atoms with Crippen molar-refractivity contribution in [2.45, 2.75) is 31.1 Å². The maximum absolute atomic E-state index is 13.3. The molecule has 2 aromatic carbocycles. The molecular weight excluding hydrogens is 438 g/mol. The number of hydrogen-bond donors (Lipinski definition) is 2. The summed E-state index contributed by atoms with van der Waals surface area (Å²) in [6.45, 7) is 3.09. The average Bonchev–Trinajstić information content (AvgIpc) is 3.12. The van der Waals surface area contributed by atoms with Gasteiger partial charge >= 0.3 is 0 Å². The monoisotopic (exact) mass is 461 g/mol. The molecule has 1 aromatic heterocycles. The number of amides is 1. The van der Waals surface area contributed by atoms with Crippen molar-refractivity contribution < 1.29 is 17.9 Å². The number of para-hydroxylation sites is 1. The summed E-state index contributed by atoms with van der Waals surface area (Å²) in [6.07, 6.45) is 2.68. The van der Waals surface area contributed by atoms with Crippen LogP contribution in [0, 0.1) is 0 Å². The number of aromatic amines is 1. The third-order valence-corrected chi connectivity index (χ3v) is 7.62. The Hall–Kier alpha value is -2.55. The molecule has 1 aliphatic heterocycles. The summed E-state index contributed by atoms with van der Waals surface area (Å²) in [7, 11) is -3.74. The lowest BCUT2D eigenvalue weighted by atomic mass is 10.2. The summed E-state index contributed by atoms with van der Waals surface area (Å²) in [6, 6.07) is 12.0. The van der Waals surface area contributed by atoms with Crippen LogP contribution in [0.4, 0.5) is 5.69 Å². The molecule has 31 heavy (non-hydrogen) atoms. The van der Waals surface area contributed by atoms with E-state index in [2.05, 4.69) is 10.3 Å². The van der Waals surface area contributed by atoms with Crippen LogP contribution in [0.2, 0.25) is 5.02 Å². The second-order valence-electron chi connectivity index (χ2n) is 7.37. The number of anilines is 1. The molecule has 0 unspecified atom stereocenters. The summed E-state index contributed by atoms with van der Waals surface area (Å²) < 4.78 is 33.6. The number of hydrogen-bond acceptors (Lipinski definition) is 4. The van der Waals surface area contributed by atoms with Crippen molar-refractivity contribution in [3.05, 3.63) is 53.2 Å². The molecule has 0 atom stereocenters. The van der Waals surface area contributed by atoms with Gasteiger partial charge in [-0.1, -0.05) is 36.2 Å². The molecule has 0 saturated carbocycles. The Balaban J connectivity index is 1.66. The first-order chi connectivity index (χ1) is 14.9. The standard InChI is InChI=1S/C22H24ClN3O4S/c1-2-30-18-11-10-15(14-19(18)31(28,29)26-12-6-3-7-13-26)24-22(27)21-20(23)16-8-4-5-9-17(16)25-21/h4-5,8-11,14,25H,2-3,6-7,12-13H2,1H3,(H,24,27). The minimum Gasteiger partial charge on any atom is -0.492 e. The Kier molecular flexibility index (Phi) is 6.22. The number of H-pyrrole nitrogens is 1. The Morgan fingerprint density at radius 1 is 1.16 bits per heavy atom. The number of carbonyl (C=O) groups excluding carboxylic acids is 1. The number of rotatable bonds is 6. The van der Waals surface area contributed by atoms with E-state index in [4.69, 9.17) is 16.3 Å². The second kappa shape index (κ2) is 8.90. The second-order valence-corrected chi connectivity index (χ2v) is 9.66. The van der Waals surface area contributed by atoms with Crippen molar-refractivity contribution in [3.8, 4) is 5.75 Å². The quantitative estimate of drug-likeness (QED) is 0.559. The number of fused-ring (bicyclic) bond motifs is 1. The molecule has 1 fully saturated rings. The fourth-order valence-corrected chi connectivity index (χ4v) is 5.74. The van der Waals surface area contributed by atoms with Crippen molar-refractivity contribution in [3.63, 3.8) is 0 Å². The van der Waals surface area contributed by atoms with Crippen molar-refractivity contribution >= 4 is 44.1 Å². The van der Waals surface area contributed by atoms with Crippen LogP contribution >= 0.6 is 11.6 Å². The van der Waals surface area contributed by atoms with Crippen LogP contribution in [0.1, 0.15) is 36.7 Å². The van der Waals surface area contributed by atoms with Crippen molar-refractivity contribution in [1.29, 1.82) is 0 Å². The van der Waals surface area contributed by atoms with Crippen LogP contribution in [0.3, 0.4) is 0 Å². The molecule has 4 rings (SSSR count). The highest BCUT2D eigenvalue weighted by molar-refractivity contribution is 7.89. The van der Waals surface area contributed by atoms with E-state index in [-0.39, 0.29) is 16.3 Å². The van der Waals surface area contributed by atoms with Gasteiger partial charge in [-0.05, 0) is 44.0 Å². The minimum absolute atomic E-state index is 0.0526. The Bertz CT molecular complexity index is 1220. The number of halogens is 1. The van der Waals surface area contributed by atoms with Gasteiger partial charge in [0.2, 0.25) is 10.0 Å². The Morgan fingerprint density at radius 2 is 1.90 bits per heavy atom. The van der Waals surface area contributed by atoms with E-state index >= 15 is 0 Å². The fraction of sp³-hybridized carbons (Fsp3) is 0.318. The van der Waals surface area contributed by atoms with E-state index in [1.54, 1.807) is 19.1 Å². The molecule has 1 aliphatic rings.